The number of ether oxygens (including phenoxy) is 2. The number of aromatic hydroxyl groups is 1. The van der Waals surface area contributed by atoms with Gasteiger partial charge >= 0.3 is 0 Å². The topological polar surface area (TPSA) is 107 Å². The van der Waals surface area contributed by atoms with Gasteiger partial charge in [-0.15, -0.1) is 0 Å². The molecule has 1 N–H and O–H groups in total. The van der Waals surface area contributed by atoms with Crippen LogP contribution in [0.3, 0.4) is 0 Å². The first-order chi connectivity index (χ1) is 14.2. The molecule has 4 rings (SSSR count). The predicted molar refractivity (Wildman–Crippen MR) is 104 cm³/mol. The van der Waals surface area contributed by atoms with Crippen LogP contribution in [0, 0.1) is 0 Å². The van der Waals surface area contributed by atoms with Crippen molar-refractivity contribution in [3.05, 3.63) is 42.1 Å². The molecule has 0 aliphatic carbocycles. The number of piperidine rings is 1. The summed E-state index contributed by atoms with van der Waals surface area (Å²) >= 11 is 0. The van der Waals surface area contributed by atoms with Crippen molar-refractivity contribution in [2.24, 2.45) is 0 Å². The fourth-order valence-corrected chi connectivity index (χ4v) is 3.56. The Bertz CT molecular complexity index is 930. The lowest BCUT2D eigenvalue weighted by Crippen LogP contribution is -2.32. The van der Waals surface area contributed by atoms with E-state index in [0.29, 0.717) is 23.1 Å². The maximum Gasteiger partial charge on any atom is 0.278 e. The molecule has 0 bridgehead atoms. The molecule has 0 saturated carbocycles. The number of nitrogens with zero attached hydrogens (tertiary/aromatic N) is 5. The van der Waals surface area contributed by atoms with Crippen LogP contribution in [-0.4, -0.2) is 57.4 Å². The van der Waals surface area contributed by atoms with Gasteiger partial charge in [-0.05, 0) is 43.6 Å². The quantitative estimate of drug-likeness (QED) is 0.671. The zero-order valence-electron chi connectivity index (χ0n) is 16.4. The molecule has 0 atom stereocenters. The smallest absolute Gasteiger partial charge is 0.278 e. The molecule has 0 unspecified atom stereocenters. The van der Waals surface area contributed by atoms with Gasteiger partial charge in [0.05, 0.1) is 20.4 Å². The van der Waals surface area contributed by atoms with Crippen molar-refractivity contribution < 1.29 is 19.1 Å². The van der Waals surface area contributed by atoms with Gasteiger partial charge in [-0.25, -0.2) is 4.98 Å². The molecular weight excluding hydrogens is 374 g/mol. The van der Waals surface area contributed by atoms with Crippen molar-refractivity contribution in [2.45, 2.75) is 25.3 Å². The predicted octanol–water partition coefficient (Wildman–Crippen LogP) is 2.63. The average molecular weight is 397 g/mol. The minimum absolute atomic E-state index is 0.0217. The summed E-state index contributed by atoms with van der Waals surface area (Å²) in [4.78, 5) is 15.1. The fraction of sp³-hybridized carbons (Fsp3) is 0.400. The highest BCUT2D eigenvalue weighted by molar-refractivity contribution is 5.52. The summed E-state index contributed by atoms with van der Waals surface area (Å²) in [6.45, 7) is 2.56. The molecule has 2 aromatic heterocycles. The van der Waals surface area contributed by atoms with Crippen LogP contribution in [0.1, 0.15) is 30.1 Å². The first kappa shape index (κ1) is 19.1. The number of aromatic nitrogens is 4. The first-order valence-electron chi connectivity index (χ1n) is 9.44. The van der Waals surface area contributed by atoms with Crippen molar-refractivity contribution in [3.8, 4) is 28.8 Å². The second kappa shape index (κ2) is 8.44. The Hall–Kier alpha value is -3.20. The van der Waals surface area contributed by atoms with Crippen LogP contribution >= 0.6 is 0 Å². The van der Waals surface area contributed by atoms with E-state index in [1.165, 1.54) is 14.2 Å². The van der Waals surface area contributed by atoms with Crippen molar-refractivity contribution >= 4 is 0 Å². The summed E-state index contributed by atoms with van der Waals surface area (Å²) in [6.07, 6.45) is 6.69. The van der Waals surface area contributed by atoms with Crippen LogP contribution in [0.15, 0.2) is 35.2 Å². The number of phenolic OH excluding ortho intramolecular Hbond substituents is 1. The van der Waals surface area contributed by atoms with Crippen LogP contribution in [0.5, 0.6) is 17.2 Å². The zero-order valence-corrected chi connectivity index (χ0v) is 16.4. The highest BCUT2D eigenvalue weighted by atomic mass is 16.5. The van der Waals surface area contributed by atoms with E-state index in [4.69, 9.17) is 14.0 Å². The van der Waals surface area contributed by atoms with E-state index in [1.54, 1.807) is 18.6 Å². The van der Waals surface area contributed by atoms with E-state index in [9.17, 15) is 5.11 Å². The summed E-state index contributed by atoms with van der Waals surface area (Å²) < 4.78 is 15.9. The van der Waals surface area contributed by atoms with Crippen molar-refractivity contribution in [3.63, 3.8) is 0 Å². The molecule has 1 aliphatic heterocycles. The number of methoxy groups -OCH3 is 2. The molecule has 3 heterocycles. The molecule has 29 heavy (non-hydrogen) atoms. The first-order valence-corrected chi connectivity index (χ1v) is 9.44. The van der Waals surface area contributed by atoms with Crippen molar-refractivity contribution in [1.82, 2.24) is 25.0 Å². The largest absolute Gasteiger partial charge is 0.502 e. The van der Waals surface area contributed by atoms with Gasteiger partial charge in [0.25, 0.3) is 5.89 Å². The van der Waals surface area contributed by atoms with Crippen molar-refractivity contribution in [1.29, 1.82) is 0 Å². The summed E-state index contributed by atoms with van der Waals surface area (Å²) in [5, 5.41) is 14.2. The van der Waals surface area contributed by atoms with E-state index in [-0.39, 0.29) is 11.7 Å². The lowest BCUT2D eigenvalue weighted by atomic mass is 9.96. The molecule has 1 fully saturated rings. The monoisotopic (exact) mass is 397 g/mol. The summed E-state index contributed by atoms with van der Waals surface area (Å²) in [5.74, 6) is 2.23. The van der Waals surface area contributed by atoms with Gasteiger partial charge in [0.1, 0.15) is 5.69 Å². The van der Waals surface area contributed by atoms with Gasteiger partial charge in [0, 0.05) is 24.9 Å². The number of phenols is 1. The van der Waals surface area contributed by atoms with Gasteiger partial charge in [-0.3, -0.25) is 9.88 Å². The molecule has 1 aromatic carbocycles. The zero-order chi connectivity index (χ0) is 20.2. The number of benzene rings is 1. The third-order valence-corrected chi connectivity index (χ3v) is 5.12. The van der Waals surface area contributed by atoms with E-state index in [1.807, 2.05) is 12.1 Å². The number of hydrogen-bond acceptors (Lipinski definition) is 9. The fourth-order valence-electron chi connectivity index (χ4n) is 3.56. The molecule has 152 valence electrons. The second-order valence-electron chi connectivity index (χ2n) is 6.95. The maximum atomic E-state index is 10.1. The lowest BCUT2D eigenvalue weighted by molar-refractivity contribution is 0.199. The minimum atomic E-state index is 0.0217. The van der Waals surface area contributed by atoms with Crippen LogP contribution < -0.4 is 9.47 Å². The van der Waals surface area contributed by atoms with E-state index in [2.05, 4.69) is 25.0 Å². The van der Waals surface area contributed by atoms with E-state index < -0.39 is 0 Å². The SMILES string of the molecule is COc1cc(CN2CCC(c3noc(-c4cnccn4)n3)CC2)cc(OC)c1O. The standard InChI is InChI=1S/C20H23N5O4/c1-27-16-9-13(10-17(28-2)18(16)26)12-25-7-3-14(4-8-25)19-23-20(29-24-19)15-11-21-5-6-22-15/h5-6,9-11,14,26H,3-4,7-8,12H2,1-2H3. The normalized spacial score (nSPS) is 15.4. The van der Waals surface area contributed by atoms with Crippen LogP contribution in [0.4, 0.5) is 0 Å². The number of rotatable bonds is 6. The molecule has 0 amide bonds. The molecule has 9 heteroatoms. The molecule has 3 aromatic rings. The molecule has 1 aliphatic rings. The third kappa shape index (κ3) is 4.14. The molecule has 1 saturated heterocycles. The van der Waals surface area contributed by atoms with Crippen LogP contribution in [0.2, 0.25) is 0 Å². The van der Waals surface area contributed by atoms with Gasteiger partial charge in [-0.1, -0.05) is 5.16 Å². The van der Waals surface area contributed by atoms with E-state index >= 15 is 0 Å². The third-order valence-electron chi connectivity index (χ3n) is 5.12. The Morgan fingerprint density at radius 3 is 2.48 bits per heavy atom. The molecule has 0 radical (unpaired) electrons. The second-order valence-corrected chi connectivity index (χ2v) is 6.95. The van der Waals surface area contributed by atoms with Crippen molar-refractivity contribution in [2.75, 3.05) is 27.3 Å². The highest BCUT2D eigenvalue weighted by Gasteiger charge is 2.25. The Morgan fingerprint density at radius 2 is 1.86 bits per heavy atom. The van der Waals surface area contributed by atoms with Crippen LogP contribution in [-0.2, 0) is 6.54 Å². The molecule has 0 spiro atoms. The minimum Gasteiger partial charge on any atom is -0.502 e. The van der Waals surface area contributed by atoms with Gasteiger partial charge < -0.3 is 19.1 Å². The maximum absolute atomic E-state index is 10.1. The Morgan fingerprint density at radius 1 is 1.14 bits per heavy atom. The average Bonchev–Trinajstić information content (AvgIpc) is 3.26. The number of likely N-dealkylation sites (tertiary alicyclic amines) is 1. The Balaban J connectivity index is 1.38. The molecule has 9 nitrogen and oxygen atoms in total. The van der Waals surface area contributed by atoms with Crippen LogP contribution in [0.25, 0.3) is 11.6 Å². The highest BCUT2D eigenvalue weighted by Crippen LogP contribution is 2.38. The van der Waals surface area contributed by atoms with E-state index in [0.717, 1.165) is 43.9 Å². The summed E-state index contributed by atoms with van der Waals surface area (Å²) in [6, 6.07) is 3.69. The summed E-state index contributed by atoms with van der Waals surface area (Å²) in [7, 11) is 3.06. The Labute approximate surface area is 168 Å². The lowest BCUT2D eigenvalue weighted by Gasteiger charge is -2.30. The van der Waals surface area contributed by atoms with Gasteiger partial charge in [0.15, 0.2) is 17.3 Å². The summed E-state index contributed by atoms with van der Waals surface area (Å²) in [5.41, 5.74) is 1.61. The van der Waals surface area contributed by atoms with Gasteiger partial charge in [-0.2, -0.15) is 4.98 Å². The van der Waals surface area contributed by atoms with Gasteiger partial charge in [0.2, 0.25) is 5.75 Å². The Kier molecular flexibility index (Phi) is 5.57. The number of hydrogen-bond donors (Lipinski definition) is 1. The molecular formula is C20H23N5O4.